The Kier molecular flexibility index (Phi) is 25.8. The molecule has 23 nitrogen and oxygen atoms in total. The maximum absolute atomic E-state index is 14.0. The first-order valence-corrected chi connectivity index (χ1v) is 23.8. The zero-order valence-electron chi connectivity index (χ0n) is 38.9. The zero-order chi connectivity index (χ0) is 51.1. The zero-order valence-corrected chi connectivity index (χ0v) is 40.7. The highest BCUT2D eigenvalue weighted by molar-refractivity contribution is 7.80. The van der Waals surface area contributed by atoms with Gasteiger partial charge in [0.2, 0.25) is 59.1 Å². The number of ether oxygens (including phenoxy) is 1. The number of amides is 10. The summed E-state index contributed by atoms with van der Waals surface area (Å²) < 4.78 is 5.49. The van der Waals surface area contributed by atoms with Gasteiger partial charge in [0, 0.05) is 25.1 Å². The molecule has 1 aliphatic heterocycles. The molecule has 0 aliphatic carbocycles. The van der Waals surface area contributed by atoms with Gasteiger partial charge in [-0.2, -0.15) is 25.3 Å². The number of carbonyl (C=O) groups is 10. The lowest BCUT2D eigenvalue weighted by Gasteiger charge is -2.31. The fourth-order valence-corrected chi connectivity index (χ4v) is 7.55. The van der Waals surface area contributed by atoms with Crippen LogP contribution in [0.4, 0.5) is 0 Å². The highest BCUT2D eigenvalue weighted by Gasteiger charge is 2.40. The first-order valence-electron chi connectivity index (χ1n) is 22.5. The molecule has 1 fully saturated rings. The Morgan fingerprint density at radius 2 is 1.40 bits per heavy atom. The second-order valence-corrected chi connectivity index (χ2v) is 17.1. The number of nitrogens with zero attached hydrogens (tertiary/aromatic N) is 1. The molecule has 25 heteroatoms. The van der Waals surface area contributed by atoms with Crippen LogP contribution in [0.15, 0.2) is 24.3 Å². The largest absolute Gasteiger partial charge is 0.494 e. The van der Waals surface area contributed by atoms with Crippen molar-refractivity contribution in [2.45, 2.75) is 127 Å². The van der Waals surface area contributed by atoms with Crippen LogP contribution in [-0.2, 0) is 54.4 Å². The number of hydrogen-bond acceptors (Lipinski definition) is 15. The van der Waals surface area contributed by atoms with Gasteiger partial charge in [0.15, 0.2) is 0 Å². The molecule has 14 N–H and O–H groups in total. The van der Waals surface area contributed by atoms with E-state index in [9.17, 15) is 53.1 Å². The van der Waals surface area contributed by atoms with Crippen molar-refractivity contribution in [3.63, 3.8) is 0 Å². The number of nitrogens with one attached hydrogen (secondary N) is 7. The summed E-state index contributed by atoms with van der Waals surface area (Å²) >= 11 is 8.33. The number of aliphatic hydroxyl groups excluding tert-OH is 1. The minimum absolute atomic E-state index is 0.0102. The van der Waals surface area contributed by atoms with E-state index in [0.717, 1.165) is 0 Å². The summed E-state index contributed by atoms with van der Waals surface area (Å²) in [6, 6.07) is -2.65. The van der Waals surface area contributed by atoms with Crippen LogP contribution in [0.3, 0.4) is 0 Å². The highest BCUT2D eigenvalue weighted by Crippen LogP contribution is 2.20. The monoisotopic (exact) mass is 995 g/mol. The summed E-state index contributed by atoms with van der Waals surface area (Å²) in [5.74, 6) is -8.28. The predicted molar refractivity (Wildman–Crippen MR) is 255 cm³/mol. The number of benzene rings is 1. The fraction of sp³-hybridized carbons (Fsp3) is 0.628. The molecule has 0 saturated carbocycles. The van der Waals surface area contributed by atoms with Crippen LogP contribution in [0.25, 0.3) is 0 Å². The molecule has 0 bridgehead atoms. The number of thiol groups is 2. The normalized spacial score (nSPS) is 16.8. The third-order valence-electron chi connectivity index (χ3n) is 11.0. The second kappa shape index (κ2) is 30.0. The molecule has 0 spiro atoms. The Labute approximate surface area is 406 Å². The molecule has 10 amide bonds. The Bertz CT molecular complexity index is 1910. The van der Waals surface area contributed by atoms with E-state index < -0.39 is 126 Å². The third-order valence-corrected chi connectivity index (χ3v) is 11.6. The summed E-state index contributed by atoms with van der Waals surface area (Å²) in [6.45, 7) is 6.70. The van der Waals surface area contributed by atoms with E-state index in [4.69, 9.17) is 21.9 Å². The first kappa shape index (κ1) is 58.5. The van der Waals surface area contributed by atoms with Crippen molar-refractivity contribution in [1.82, 2.24) is 42.1 Å². The van der Waals surface area contributed by atoms with E-state index in [1.807, 2.05) is 6.92 Å². The highest BCUT2D eigenvalue weighted by atomic mass is 32.1. The van der Waals surface area contributed by atoms with Gasteiger partial charge in [-0.25, -0.2) is 0 Å². The summed E-state index contributed by atoms with van der Waals surface area (Å²) in [5.41, 5.74) is 16.8. The van der Waals surface area contributed by atoms with Gasteiger partial charge in [-0.15, -0.1) is 0 Å². The summed E-state index contributed by atoms with van der Waals surface area (Å²) in [6.07, 6.45) is -0.948. The van der Waals surface area contributed by atoms with E-state index in [1.165, 1.54) is 11.8 Å². The average molecular weight is 996 g/mol. The minimum Gasteiger partial charge on any atom is -0.494 e. The van der Waals surface area contributed by atoms with Gasteiger partial charge in [-0.1, -0.05) is 32.4 Å². The third kappa shape index (κ3) is 19.1. The van der Waals surface area contributed by atoms with Crippen LogP contribution in [0, 0.1) is 5.92 Å². The van der Waals surface area contributed by atoms with Gasteiger partial charge < -0.3 is 69.2 Å². The van der Waals surface area contributed by atoms with Crippen molar-refractivity contribution in [2.75, 3.05) is 37.7 Å². The van der Waals surface area contributed by atoms with Crippen LogP contribution in [0.5, 0.6) is 5.75 Å². The van der Waals surface area contributed by atoms with Gasteiger partial charge in [0.1, 0.15) is 48.0 Å². The molecule has 2 rings (SSSR count). The molecule has 9 atom stereocenters. The number of likely N-dealkylation sites (tertiary alicyclic amines) is 1. The molecular weight excluding hydrogens is 927 g/mol. The summed E-state index contributed by atoms with van der Waals surface area (Å²) in [4.78, 5) is 133. The number of nitrogens with two attached hydrogens (primary N) is 3. The fourth-order valence-electron chi connectivity index (χ4n) is 7.09. The maximum Gasteiger partial charge on any atom is 0.246 e. The van der Waals surface area contributed by atoms with Crippen LogP contribution in [0.1, 0.15) is 78.2 Å². The second-order valence-electron chi connectivity index (χ2n) is 16.3. The SMILES string of the molecule is CCOc1ccc(C[C@@H](NC(=O)CCS)C(=O)N[C@H](C(=O)N[C@H](C(=O)N[C@@H](CC(N)=O)C(=O)N[C@@H](CS)C(=O)N2CCC[C@H]2C(=O)NC(CCCN)C(=O)NCC(N)=O)[C@@H](C)O)[C@@H](C)CC)cc1. The molecular formula is C43H69N11O12S2. The van der Waals surface area contributed by atoms with E-state index in [0.29, 0.717) is 37.2 Å². The lowest BCUT2D eigenvalue weighted by Crippen LogP contribution is -2.63. The van der Waals surface area contributed by atoms with Crippen LogP contribution >= 0.6 is 25.3 Å². The van der Waals surface area contributed by atoms with E-state index in [-0.39, 0.29) is 50.3 Å². The van der Waals surface area contributed by atoms with Crippen molar-refractivity contribution in [2.24, 2.45) is 23.1 Å². The Morgan fingerprint density at radius 3 is 1.96 bits per heavy atom. The van der Waals surface area contributed by atoms with Crippen LogP contribution in [-0.4, -0.2) is 155 Å². The van der Waals surface area contributed by atoms with E-state index >= 15 is 0 Å². The quantitative estimate of drug-likeness (QED) is 0.0332. The first-order chi connectivity index (χ1) is 32.2. The summed E-state index contributed by atoms with van der Waals surface area (Å²) in [5, 5.41) is 28.2. The van der Waals surface area contributed by atoms with E-state index in [1.54, 1.807) is 38.1 Å². The Hall–Kier alpha value is -5.66. The predicted octanol–water partition coefficient (Wildman–Crippen LogP) is -3.58. The van der Waals surface area contributed by atoms with Crippen LogP contribution < -0.4 is 59.2 Å². The molecule has 0 aromatic heterocycles. The van der Waals surface area contributed by atoms with Gasteiger partial charge >= 0.3 is 0 Å². The topological polar surface area (TPSA) is 366 Å². The maximum atomic E-state index is 14.0. The van der Waals surface area contributed by atoms with Gasteiger partial charge in [0.25, 0.3) is 0 Å². The Balaban J connectivity index is 2.28. The number of hydrogen-bond donors (Lipinski definition) is 13. The Morgan fingerprint density at radius 1 is 0.779 bits per heavy atom. The molecule has 1 heterocycles. The van der Waals surface area contributed by atoms with Crippen molar-refractivity contribution in [1.29, 1.82) is 0 Å². The van der Waals surface area contributed by atoms with Gasteiger partial charge in [0.05, 0.1) is 25.7 Å². The smallest absolute Gasteiger partial charge is 0.246 e. The molecule has 0 radical (unpaired) electrons. The van der Waals surface area contributed by atoms with Crippen molar-refractivity contribution in [3.8, 4) is 5.75 Å². The molecule has 68 heavy (non-hydrogen) atoms. The standard InChI is InChI=1S/C43H69N11O12S2/c1-5-23(3)35(52-39(61)28(48-34(58)15-18-67)19-25-11-13-26(14-12-25)66-6-2)41(63)53-36(24(4)55)42(64)50-29(20-32(45)56)38(60)51-30(22-68)43(65)54-17-8-10-31(54)40(62)49-27(9-7-16-44)37(59)47-21-33(46)57/h11-14,23-24,27-31,35-36,55,67-68H,5-10,15-22,44H2,1-4H3,(H2,45,56)(H2,46,57)(H,47,59)(H,48,58)(H,49,62)(H,50,64)(H,51,60)(H,52,61)(H,53,63)/t23-,24+,27?,28+,29-,30-,31-,35-,36-/m0/s1. The molecule has 1 aromatic carbocycles. The van der Waals surface area contributed by atoms with Gasteiger partial charge in [-0.3, -0.25) is 47.9 Å². The van der Waals surface area contributed by atoms with Crippen molar-refractivity contribution in [3.05, 3.63) is 29.8 Å². The number of aliphatic hydroxyl groups is 1. The molecule has 380 valence electrons. The number of carbonyl (C=O) groups excluding carboxylic acids is 10. The minimum atomic E-state index is -1.76. The van der Waals surface area contributed by atoms with Crippen LogP contribution in [0.2, 0.25) is 0 Å². The number of primary amides is 2. The van der Waals surface area contributed by atoms with Gasteiger partial charge in [-0.05, 0) is 75.4 Å². The molecule has 1 unspecified atom stereocenters. The van der Waals surface area contributed by atoms with E-state index in [2.05, 4.69) is 62.5 Å². The molecule has 1 saturated heterocycles. The van der Waals surface area contributed by atoms with Crippen molar-refractivity contribution >= 4 is 84.3 Å². The molecule has 1 aliphatic rings. The molecule has 1 aromatic rings. The lowest BCUT2D eigenvalue weighted by molar-refractivity contribution is -0.142. The average Bonchev–Trinajstić information content (AvgIpc) is 3.79. The summed E-state index contributed by atoms with van der Waals surface area (Å²) in [7, 11) is 0. The number of rotatable bonds is 30. The van der Waals surface area contributed by atoms with Crippen molar-refractivity contribution < 1.29 is 57.8 Å². The lowest BCUT2D eigenvalue weighted by atomic mass is 9.96.